The minimum absolute atomic E-state index is 0.0296. The van der Waals surface area contributed by atoms with Crippen molar-refractivity contribution in [2.75, 3.05) is 11.0 Å². The van der Waals surface area contributed by atoms with E-state index in [1.807, 2.05) is 24.3 Å². The fraction of sp³-hybridized carbons (Fsp3) is 0.364. The second-order valence-electron chi connectivity index (χ2n) is 3.16. The molecule has 82 valence electrons. The molecule has 1 aromatic carbocycles. The molecule has 0 aliphatic carbocycles. The van der Waals surface area contributed by atoms with Gasteiger partial charge in [-0.1, -0.05) is 28.7 Å². The number of hydrogen-bond acceptors (Lipinski definition) is 1. The molecule has 15 heavy (non-hydrogen) atoms. The number of unbranched alkanes of at least 4 members (excludes halogenated alkanes) is 1. The Kier molecular flexibility index (Phi) is 6.54. The van der Waals surface area contributed by atoms with Crippen molar-refractivity contribution in [3.8, 4) is 0 Å². The maximum atomic E-state index is 11.6. The lowest BCUT2D eigenvalue weighted by atomic mass is 10.2. The second-order valence-corrected chi connectivity index (χ2v) is 5.49. The first kappa shape index (κ1) is 13.2. The van der Waals surface area contributed by atoms with Crippen LogP contribution in [0.5, 0.6) is 0 Å². The maximum absolute atomic E-state index is 11.6. The van der Waals surface area contributed by atoms with Crippen LogP contribution in [0, 0.1) is 3.57 Å². The van der Waals surface area contributed by atoms with E-state index in [-0.39, 0.29) is 5.91 Å². The smallest absolute Gasteiger partial charge is 0.251 e. The number of nitrogens with one attached hydrogen (secondary N) is 1. The van der Waals surface area contributed by atoms with Gasteiger partial charge in [0.1, 0.15) is 0 Å². The van der Waals surface area contributed by atoms with Gasteiger partial charge in [-0.2, -0.15) is 0 Å². The minimum Gasteiger partial charge on any atom is -0.352 e. The van der Waals surface area contributed by atoms with Crippen molar-refractivity contribution in [2.24, 2.45) is 0 Å². The SMILES string of the molecule is O=C(NCCCCI)c1cccc(I)c1. The molecule has 4 heteroatoms. The van der Waals surface area contributed by atoms with Gasteiger partial charge >= 0.3 is 0 Å². The van der Waals surface area contributed by atoms with E-state index in [9.17, 15) is 4.79 Å². The van der Waals surface area contributed by atoms with Gasteiger partial charge in [-0.25, -0.2) is 0 Å². The van der Waals surface area contributed by atoms with E-state index < -0.39 is 0 Å². The van der Waals surface area contributed by atoms with Gasteiger partial charge < -0.3 is 5.32 Å². The summed E-state index contributed by atoms with van der Waals surface area (Å²) in [6.45, 7) is 0.771. The molecule has 1 N–H and O–H groups in total. The molecule has 0 unspecified atom stereocenters. The highest BCUT2D eigenvalue weighted by molar-refractivity contribution is 14.1. The van der Waals surface area contributed by atoms with E-state index in [2.05, 4.69) is 50.5 Å². The Morgan fingerprint density at radius 3 is 2.80 bits per heavy atom. The number of benzene rings is 1. The Labute approximate surface area is 117 Å². The van der Waals surface area contributed by atoms with E-state index in [1.54, 1.807) is 0 Å². The molecule has 0 aromatic heterocycles. The van der Waals surface area contributed by atoms with Crippen LogP contribution in [0.2, 0.25) is 0 Å². The number of rotatable bonds is 5. The quantitative estimate of drug-likeness (QED) is 0.435. The third-order valence-electron chi connectivity index (χ3n) is 1.93. The molecular formula is C11H13I2NO. The highest BCUT2D eigenvalue weighted by Crippen LogP contribution is 2.07. The van der Waals surface area contributed by atoms with E-state index in [0.29, 0.717) is 0 Å². The third kappa shape index (κ3) is 5.14. The summed E-state index contributed by atoms with van der Waals surface area (Å²) < 4.78 is 2.24. The van der Waals surface area contributed by atoms with Gasteiger partial charge in [0, 0.05) is 15.7 Å². The zero-order chi connectivity index (χ0) is 11.1. The summed E-state index contributed by atoms with van der Waals surface area (Å²) in [5.41, 5.74) is 0.747. The normalized spacial score (nSPS) is 10.0. The van der Waals surface area contributed by atoms with Crippen molar-refractivity contribution in [2.45, 2.75) is 12.8 Å². The predicted octanol–water partition coefficient (Wildman–Crippen LogP) is 3.24. The van der Waals surface area contributed by atoms with Crippen molar-refractivity contribution in [1.29, 1.82) is 0 Å². The van der Waals surface area contributed by atoms with E-state index >= 15 is 0 Å². The molecule has 0 heterocycles. The van der Waals surface area contributed by atoms with Gasteiger partial charge in [-0.05, 0) is 58.1 Å². The highest BCUT2D eigenvalue weighted by Gasteiger charge is 2.03. The molecule has 0 aliphatic rings. The van der Waals surface area contributed by atoms with Crippen LogP contribution in [0.15, 0.2) is 24.3 Å². The van der Waals surface area contributed by atoms with Gasteiger partial charge in [-0.3, -0.25) is 4.79 Å². The molecule has 1 rings (SSSR count). The van der Waals surface area contributed by atoms with Crippen molar-refractivity contribution in [3.05, 3.63) is 33.4 Å². The Hall–Kier alpha value is 0.150. The van der Waals surface area contributed by atoms with Crippen LogP contribution >= 0.6 is 45.2 Å². The van der Waals surface area contributed by atoms with Crippen molar-refractivity contribution >= 4 is 51.1 Å². The van der Waals surface area contributed by atoms with Crippen LogP contribution < -0.4 is 5.32 Å². The Balaban J connectivity index is 2.40. The topological polar surface area (TPSA) is 29.1 Å². The molecule has 0 spiro atoms. The number of amides is 1. The summed E-state index contributed by atoms with van der Waals surface area (Å²) >= 11 is 4.56. The summed E-state index contributed by atoms with van der Waals surface area (Å²) in [6.07, 6.45) is 2.21. The molecule has 2 nitrogen and oxygen atoms in total. The fourth-order valence-corrected chi connectivity index (χ4v) is 2.24. The largest absolute Gasteiger partial charge is 0.352 e. The Morgan fingerprint density at radius 2 is 2.13 bits per heavy atom. The molecule has 0 saturated carbocycles. The van der Waals surface area contributed by atoms with Crippen molar-refractivity contribution < 1.29 is 4.79 Å². The van der Waals surface area contributed by atoms with Crippen LogP contribution in [0.25, 0.3) is 0 Å². The summed E-state index contributed by atoms with van der Waals surface area (Å²) in [6, 6.07) is 7.62. The van der Waals surface area contributed by atoms with Gasteiger partial charge in [0.05, 0.1) is 0 Å². The lowest BCUT2D eigenvalue weighted by molar-refractivity contribution is 0.0953. The molecular weight excluding hydrogens is 416 g/mol. The molecule has 0 bridgehead atoms. The average Bonchev–Trinajstić information content (AvgIpc) is 2.24. The van der Waals surface area contributed by atoms with Gasteiger partial charge in [0.15, 0.2) is 0 Å². The molecule has 0 atom stereocenters. The molecule has 0 fully saturated rings. The Bertz CT molecular complexity index is 328. The lowest BCUT2D eigenvalue weighted by Gasteiger charge is -2.04. The highest BCUT2D eigenvalue weighted by atomic mass is 127. The third-order valence-corrected chi connectivity index (χ3v) is 3.37. The number of halogens is 2. The molecule has 0 saturated heterocycles. The first-order valence-corrected chi connectivity index (χ1v) is 7.44. The van der Waals surface area contributed by atoms with E-state index in [4.69, 9.17) is 0 Å². The number of carbonyl (C=O) groups is 1. The summed E-state index contributed by atoms with van der Waals surface area (Å²) in [4.78, 5) is 11.6. The van der Waals surface area contributed by atoms with Crippen LogP contribution in [0.1, 0.15) is 23.2 Å². The standard InChI is InChI=1S/C11H13I2NO/c12-6-1-2-7-14-11(15)9-4-3-5-10(13)8-9/h3-5,8H,1-2,6-7H2,(H,14,15). The summed E-state index contributed by atoms with van der Waals surface area (Å²) in [5.74, 6) is 0.0296. The maximum Gasteiger partial charge on any atom is 0.251 e. The first-order chi connectivity index (χ1) is 7.24. The number of alkyl halides is 1. The molecule has 0 aliphatic heterocycles. The minimum atomic E-state index is 0.0296. The van der Waals surface area contributed by atoms with Gasteiger partial charge in [0.25, 0.3) is 5.91 Å². The van der Waals surface area contributed by atoms with Crippen molar-refractivity contribution in [3.63, 3.8) is 0 Å². The monoisotopic (exact) mass is 429 g/mol. The number of hydrogen-bond donors (Lipinski definition) is 1. The Morgan fingerprint density at radius 1 is 1.33 bits per heavy atom. The summed E-state index contributed by atoms with van der Waals surface area (Å²) in [5, 5.41) is 2.92. The summed E-state index contributed by atoms with van der Waals surface area (Å²) in [7, 11) is 0. The van der Waals surface area contributed by atoms with Crippen LogP contribution in [-0.2, 0) is 0 Å². The van der Waals surface area contributed by atoms with Crippen LogP contribution in [0.3, 0.4) is 0 Å². The van der Waals surface area contributed by atoms with Crippen molar-refractivity contribution in [1.82, 2.24) is 5.32 Å². The second kappa shape index (κ2) is 7.43. The van der Waals surface area contributed by atoms with Crippen LogP contribution in [0.4, 0.5) is 0 Å². The lowest BCUT2D eigenvalue weighted by Crippen LogP contribution is -2.24. The van der Waals surface area contributed by atoms with Gasteiger partial charge in [0.2, 0.25) is 0 Å². The van der Waals surface area contributed by atoms with E-state index in [0.717, 1.165) is 32.9 Å². The first-order valence-electron chi connectivity index (χ1n) is 4.84. The molecule has 1 aromatic rings. The van der Waals surface area contributed by atoms with Crippen LogP contribution in [-0.4, -0.2) is 16.9 Å². The zero-order valence-electron chi connectivity index (χ0n) is 8.30. The predicted molar refractivity (Wildman–Crippen MR) is 79.6 cm³/mol. The molecule has 0 radical (unpaired) electrons. The fourth-order valence-electron chi connectivity index (χ4n) is 1.15. The van der Waals surface area contributed by atoms with Gasteiger partial charge in [-0.15, -0.1) is 0 Å². The van der Waals surface area contributed by atoms with E-state index in [1.165, 1.54) is 0 Å². The average molecular weight is 429 g/mol. The molecule has 1 amide bonds. The number of carbonyl (C=O) groups excluding carboxylic acids is 1. The zero-order valence-corrected chi connectivity index (χ0v) is 12.6.